The molecule has 0 aliphatic carbocycles. The van der Waals surface area contributed by atoms with Crippen LogP contribution in [-0.4, -0.2) is 11.7 Å². The van der Waals surface area contributed by atoms with Crippen molar-refractivity contribution in [1.82, 2.24) is 0 Å². The standard InChI is InChI=1S/C4H10O.2FH.Ni/c1-2-3-4-5;;;/h5H,2-4H2,1H3;2*1H;/q;;;+2/p-2. The molecule has 0 fully saturated rings. The summed E-state index contributed by atoms with van der Waals surface area (Å²) < 4.78 is 0. The van der Waals surface area contributed by atoms with E-state index in [2.05, 4.69) is 6.92 Å². The van der Waals surface area contributed by atoms with E-state index in [1.807, 2.05) is 0 Å². The van der Waals surface area contributed by atoms with Crippen LogP contribution >= 0.6 is 0 Å². The number of hydrogen-bond acceptors (Lipinski definition) is 1. The molecule has 1 N–H and O–H groups in total. The van der Waals surface area contributed by atoms with Crippen molar-refractivity contribution in [1.29, 1.82) is 0 Å². The van der Waals surface area contributed by atoms with E-state index in [-0.39, 0.29) is 25.9 Å². The van der Waals surface area contributed by atoms with Crippen LogP contribution in [0.1, 0.15) is 19.8 Å². The zero-order valence-corrected chi connectivity index (χ0v) is 5.63. The molecule has 0 amide bonds. The second kappa shape index (κ2) is 26.6. The molecule has 0 unspecified atom stereocenters. The Morgan fingerprint density at radius 1 is 1.25 bits per heavy atom. The zero-order valence-electron chi connectivity index (χ0n) is 4.64. The average Bonchev–Trinajstić information content (AvgIpc) is 1.41. The van der Waals surface area contributed by atoms with Crippen molar-refractivity contribution in [3.63, 3.8) is 0 Å². The number of unbranched alkanes of at least 4 members (excludes halogenated alkanes) is 1. The van der Waals surface area contributed by atoms with E-state index in [1.54, 1.807) is 0 Å². The SMILES string of the molecule is CCCCO.[F-].[F-].[Ni+2]. The Balaban J connectivity index is -0.0000000267. The number of rotatable bonds is 2. The molecule has 0 saturated carbocycles. The Hall–Kier alpha value is 0.314. The first kappa shape index (κ1) is 23.9. The van der Waals surface area contributed by atoms with Crippen LogP contribution in [0, 0.1) is 0 Å². The van der Waals surface area contributed by atoms with Gasteiger partial charge in [0.25, 0.3) is 0 Å². The summed E-state index contributed by atoms with van der Waals surface area (Å²) in [6.07, 6.45) is 2.04. The summed E-state index contributed by atoms with van der Waals surface area (Å²) in [6.45, 7) is 2.40. The van der Waals surface area contributed by atoms with Crippen molar-refractivity contribution in [2.24, 2.45) is 0 Å². The maximum Gasteiger partial charge on any atom is 2.00 e. The molecular formula is C4H10F2NiO. The van der Waals surface area contributed by atoms with Crippen LogP contribution < -0.4 is 9.41 Å². The molecule has 0 rings (SSSR count). The fourth-order valence-corrected chi connectivity index (χ4v) is 0.158. The molecular weight excluding hydrogens is 161 g/mol. The van der Waals surface area contributed by atoms with Gasteiger partial charge in [0.2, 0.25) is 0 Å². The molecule has 8 heavy (non-hydrogen) atoms. The second-order valence-corrected chi connectivity index (χ2v) is 1.08. The predicted molar refractivity (Wildman–Crippen MR) is 22.0 cm³/mol. The molecule has 0 aliphatic rings. The molecule has 0 aromatic rings. The first-order valence-electron chi connectivity index (χ1n) is 2.02. The fourth-order valence-electron chi connectivity index (χ4n) is 0.158. The minimum absolute atomic E-state index is 0. The van der Waals surface area contributed by atoms with Crippen LogP contribution in [-0.2, 0) is 16.5 Å². The van der Waals surface area contributed by atoms with Crippen LogP contribution in [0.5, 0.6) is 0 Å². The summed E-state index contributed by atoms with van der Waals surface area (Å²) in [4.78, 5) is 0. The van der Waals surface area contributed by atoms with Crippen LogP contribution in [0.4, 0.5) is 0 Å². The van der Waals surface area contributed by atoms with E-state index in [4.69, 9.17) is 5.11 Å². The molecule has 0 saturated heterocycles. The van der Waals surface area contributed by atoms with Crippen molar-refractivity contribution >= 4 is 0 Å². The van der Waals surface area contributed by atoms with Gasteiger partial charge in [-0.2, -0.15) is 0 Å². The fraction of sp³-hybridized carbons (Fsp3) is 1.00. The second-order valence-electron chi connectivity index (χ2n) is 1.08. The molecule has 4 heteroatoms. The van der Waals surface area contributed by atoms with E-state index in [0.717, 1.165) is 12.8 Å². The first-order valence-corrected chi connectivity index (χ1v) is 2.02. The van der Waals surface area contributed by atoms with Gasteiger partial charge in [0.05, 0.1) is 0 Å². The maximum atomic E-state index is 8.07. The summed E-state index contributed by atoms with van der Waals surface area (Å²) in [7, 11) is 0. The largest absolute Gasteiger partial charge is 2.00 e. The van der Waals surface area contributed by atoms with Gasteiger partial charge in [-0.15, -0.1) is 0 Å². The minimum atomic E-state index is 0. The van der Waals surface area contributed by atoms with Gasteiger partial charge in [-0.25, -0.2) is 0 Å². The van der Waals surface area contributed by atoms with Crippen LogP contribution in [0.25, 0.3) is 0 Å². The summed E-state index contributed by atoms with van der Waals surface area (Å²) in [5.41, 5.74) is 0. The molecule has 0 bridgehead atoms. The first-order chi connectivity index (χ1) is 2.41. The molecule has 0 atom stereocenters. The Kier molecular flexibility index (Phi) is 79.3. The minimum Gasteiger partial charge on any atom is -1.00 e. The van der Waals surface area contributed by atoms with Crippen molar-refractivity contribution in [2.45, 2.75) is 19.8 Å². The van der Waals surface area contributed by atoms with E-state index in [1.165, 1.54) is 0 Å². The molecule has 0 aromatic heterocycles. The third kappa shape index (κ3) is 33.3. The molecule has 0 aromatic carbocycles. The molecule has 56 valence electrons. The van der Waals surface area contributed by atoms with Gasteiger partial charge in [-0.3, -0.25) is 0 Å². The molecule has 0 aliphatic heterocycles. The zero-order chi connectivity index (χ0) is 4.12. The van der Waals surface area contributed by atoms with Crippen molar-refractivity contribution in [2.75, 3.05) is 6.61 Å². The van der Waals surface area contributed by atoms with Gasteiger partial charge in [0.15, 0.2) is 0 Å². The average molecular weight is 171 g/mol. The smallest absolute Gasteiger partial charge is 1.00 e. The monoisotopic (exact) mass is 170 g/mol. The summed E-state index contributed by atoms with van der Waals surface area (Å²) in [5.74, 6) is 0. The molecule has 0 spiro atoms. The molecule has 1 nitrogen and oxygen atoms in total. The van der Waals surface area contributed by atoms with Gasteiger partial charge in [-0.05, 0) is 6.42 Å². The number of aliphatic hydroxyl groups is 1. The van der Waals surface area contributed by atoms with Crippen LogP contribution in [0.15, 0.2) is 0 Å². The van der Waals surface area contributed by atoms with Crippen LogP contribution in [0.2, 0.25) is 0 Å². The molecule has 0 heterocycles. The third-order valence-electron chi connectivity index (χ3n) is 0.512. The van der Waals surface area contributed by atoms with Crippen molar-refractivity contribution < 1.29 is 31.0 Å². The number of aliphatic hydroxyl groups excluding tert-OH is 1. The van der Waals surface area contributed by atoms with Gasteiger partial charge in [0.1, 0.15) is 0 Å². The van der Waals surface area contributed by atoms with Gasteiger partial charge in [-0.1, -0.05) is 13.3 Å². The van der Waals surface area contributed by atoms with E-state index >= 15 is 0 Å². The Morgan fingerprint density at radius 2 is 1.62 bits per heavy atom. The predicted octanol–water partition coefficient (Wildman–Crippen LogP) is -5.22. The molecule has 0 radical (unpaired) electrons. The topological polar surface area (TPSA) is 20.2 Å². The maximum absolute atomic E-state index is 8.07. The summed E-state index contributed by atoms with van der Waals surface area (Å²) in [6, 6.07) is 0. The van der Waals surface area contributed by atoms with Gasteiger partial charge >= 0.3 is 16.5 Å². The van der Waals surface area contributed by atoms with Crippen LogP contribution in [0.3, 0.4) is 0 Å². The quantitative estimate of drug-likeness (QED) is 0.411. The summed E-state index contributed by atoms with van der Waals surface area (Å²) in [5, 5.41) is 8.07. The van der Waals surface area contributed by atoms with Gasteiger partial charge < -0.3 is 14.5 Å². The third-order valence-corrected chi connectivity index (χ3v) is 0.512. The number of hydrogen-bond donors (Lipinski definition) is 1. The van der Waals surface area contributed by atoms with E-state index in [0.29, 0.717) is 6.61 Å². The number of halogens is 2. The van der Waals surface area contributed by atoms with Crippen molar-refractivity contribution in [3.05, 3.63) is 0 Å². The van der Waals surface area contributed by atoms with Gasteiger partial charge in [0, 0.05) is 6.61 Å². The Morgan fingerprint density at radius 3 is 1.62 bits per heavy atom. The van der Waals surface area contributed by atoms with E-state index < -0.39 is 0 Å². The van der Waals surface area contributed by atoms with E-state index in [9.17, 15) is 0 Å². The summed E-state index contributed by atoms with van der Waals surface area (Å²) >= 11 is 0. The Bertz CT molecular complexity index is 21.5. The van der Waals surface area contributed by atoms with Crippen molar-refractivity contribution in [3.8, 4) is 0 Å². The normalized spacial score (nSPS) is 5.25. The Labute approximate surface area is 58.1 Å².